The van der Waals surface area contributed by atoms with Gasteiger partial charge in [-0.15, -0.1) is 0 Å². The summed E-state index contributed by atoms with van der Waals surface area (Å²) in [6, 6.07) is 10.1. The summed E-state index contributed by atoms with van der Waals surface area (Å²) in [5.74, 6) is 2.10. The highest BCUT2D eigenvalue weighted by atomic mass is 16.5. The van der Waals surface area contributed by atoms with E-state index in [2.05, 4.69) is 50.0 Å². The lowest BCUT2D eigenvalue weighted by molar-refractivity contribution is 0.324. The molecule has 4 nitrogen and oxygen atoms in total. The second-order valence-corrected chi connectivity index (χ2v) is 6.03. The molecule has 21 heavy (non-hydrogen) atoms. The van der Waals surface area contributed by atoms with Gasteiger partial charge in [-0.3, -0.25) is 0 Å². The van der Waals surface area contributed by atoms with Crippen LogP contribution in [0.3, 0.4) is 0 Å². The van der Waals surface area contributed by atoms with Crippen LogP contribution < -0.4 is 5.73 Å². The average molecular weight is 287 g/mol. The Balaban J connectivity index is 2.34. The van der Waals surface area contributed by atoms with Gasteiger partial charge in [0.1, 0.15) is 0 Å². The van der Waals surface area contributed by atoms with E-state index in [0.717, 1.165) is 6.42 Å². The minimum Gasteiger partial charge on any atom is -0.339 e. The van der Waals surface area contributed by atoms with Crippen molar-refractivity contribution in [3.63, 3.8) is 0 Å². The topological polar surface area (TPSA) is 64.9 Å². The van der Waals surface area contributed by atoms with Crippen LogP contribution >= 0.6 is 0 Å². The monoisotopic (exact) mass is 287 g/mol. The third kappa shape index (κ3) is 3.50. The van der Waals surface area contributed by atoms with Crippen LogP contribution in [-0.4, -0.2) is 10.1 Å². The summed E-state index contributed by atoms with van der Waals surface area (Å²) in [4.78, 5) is 4.57. The van der Waals surface area contributed by atoms with Crippen LogP contribution in [0.1, 0.15) is 63.4 Å². The Morgan fingerprint density at radius 3 is 2.38 bits per heavy atom. The largest absolute Gasteiger partial charge is 0.339 e. The maximum atomic E-state index is 6.11. The number of nitrogens with two attached hydrogens (primary N) is 1. The van der Waals surface area contributed by atoms with Gasteiger partial charge in [-0.1, -0.05) is 69.6 Å². The van der Waals surface area contributed by atoms with E-state index >= 15 is 0 Å². The number of aromatic nitrogens is 2. The quantitative estimate of drug-likeness (QED) is 0.875. The van der Waals surface area contributed by atoms with E-state index < -0.39 is 0 Å². The molecule has 114 valence electrons. The van der Waals surface area contributed by atoms with Crippen molar-refractivity contribution in [3.05, 3.63) is 47.6 Å². The third-order valence-corrected chi connectivity index (χ3v) is 4.11. The van der Waals surface area contributed by atoms with Crippen molar-refractivity contribution in [1.82, 2.24) is 10.1 Å². The molecule has 2 rings (SSSR count). The van der Waals surface area contributed by atoms with E-state index in [0.29, 0.717) is 17.6 Å². The van der Waals surface area contributed by atoms with Crippen LogP contribution in [0.5, 0.6) is 0 Å². The standard InChI is InChI=1S/C17H25N3O/c1-5-12(4)14(13-9-7-6-8-10-13)17-19-16(20-21-17)15(18)11(2)3/h6-12,14-15H,5,18H2,1-4H3. The molecule has 0 amide bonds. The SMILES string of the molecule is CCC(C)C(c1ccccc1)c1nc(C(N)C(C)C)no1. The molecule has 2 aromatic rings. The summed E-state index contributed by atoms with van der Waals surface area (Å²) in [6.07, 6.45) is 1.05. The lowest BCUT2D eigenvalue weighted by atomic mass is 9.85. The molecule has 0 saturated carbocycles. The van der Waals surface area contributed by atoms with Crippen molar-refractivity contribution in [2.45, 2.75) is 46.1 Å². The van der Waals surface area contributed by atoms with Crippen LogP contribution in [0.25, 0.3) is 0 Å². The molecule has 4 heteroatoms. The first-order chi connectivity index (χ1) is 10.0. The van der Waals surface area contributed by atoms with Gasteiger partial charge >= 0.3 is 0 Å². The van der Waals surface area contributed by atoms with E-state index in [1.54, 1.807) is 0 Å². The van der Waals surface area contributed by atoms with Gasteiger partial charge in [-0.05, 0) is 17.4 Å². The minimum absolute atomic E-state index is 0.122. The zero-order valence-electron chi connectivity index (χ0n) is 13.3. The number of hydrogen-bond donors (Lipinski definition) is 1. The number of benzene rings is 1. The maximum Gasteiger partial charge on any atom is 0.234 e. The summed E-state index contributed by atoms with van der Waals surface area (Å²) in [6.45, 7) is 8.51. The molecule has 0 fully saturated rings. The van der Waals surface area contributed by atoms with Gasteiger partial charge in [0, 0.05) is 0 Å². The zero-order valence-corrected chi connectivity index (χ0v) is 13.3. The van der Waals surface area contributed by atoms with Gasteiger partial charge in [-0.25, -0.2) is 0 Å². The van der Waals surface area contributed by atoms with Gasteiger partial charge in [-0.2, -0.15) is 4.98 Å². The lowest BCUT2D eigenvalue weighted by Crippen LogP contribution is -2.18. The number of rotatable bonds is 6. The predicted octanol–water partition coefficient (Wildman–Crippen LogP) is 3.90. The molecular weight excluding hydrogens is 262 g/mol. The molecule has 0 aliphatic rings. The van der Waals surface area contributed by atoms with Crippen molar-refractivity contribution < 1.29 is 4.52 Å². The van der Waals surface area contributed by atoms with Crippen molar-refractivity contribution in [1.29, 1.82) is 0 Å². The molecule has 0 bridgehead atoms. The Morgan fingerprint density at radius 2 is 1.81 bits per heavy atom. The van der Waals surface area contributed by atoms with E-state index in [-0.39, 0.29) is 17.9 Å². The molecule has 1 aromatic heterocycles. The molecule has 0 aliphatic carbocycles. The van der Waals surface area contributed by atoms with E-state index in [1.165, 1.54) is 5.56 Å². The molecule has 0 aliphatic heterocycles. The summed E-state index contributed by atoms with van der Waals surface area (Å²) < 4.78 is 5.53. The Bertz CT molecular complexity index is 550. The normalized spacial score (nSPS) is 15.9. The Kier molecular flexibility index (Phi) is 5.12. The van der Waals surface area contributed by atoms with Crippen molar-refractivity contribution in [2.24, 2.45) is 17.6 Å². The van der Waals surface area contributed by atoms with Gasteiger partial charge in [0.2, 0.25) is 5.89 Å². The van der Waals surface area contributed by atoms with Gasteiger partial charge in [0.05, 0.1) is 12.0 Å². The minimum atomic E-state index is -0.184. The predicted molar refractivity (Wildman–Crippen MR) is 83.8 cm³/mol. The van der Waals surface area contributed by atoms with Crippen LogP contribution in [-0.2, 0) is 0 Å². The Hall–Kier alpha value is -1.68. The van der Waals surface area contributed by atoms with Crippen molar-refractivity contribution >= 4 is 0 Å². The van der Waals surface area contributed by atoms with Crippen LogP contribution in [0.4, 0.5) is 0 Å². The molecule has 1 aromatic carbocycles. The summed E-state index contributed by atoms with van der Waals surface area (Å²) in [5, 5.41) is 4.09. The summed E-state index contributed by atoms with van der Waals surface area (Å²) in [7, 11) is 0. The fourth-order valence-electron chi connectivity index (χ4n) is 2.42. The first kappa shape index (κ1) is 15.7. The van der Waals surface area contributed by atoms with Crippen molar-refractivity contribution in [3.8, 4) is 0 Å². The van der Waals surface area contributed by atoms with E-state index in [4.69, 9.17) is 10.3 Å². The highest BCUT2D eigenvalue weighted by Crippen LogP contribution is 2.33. The first-order valence-electron chi connectivity index (χ1n) is 7.68. The van der Waals surface area contributed by atoms with Gasteiger partial charge < -0.3 is 10.3 Å². The van der Waals surface area contributed by atoms with E-state index in [1.807, 2.05) is 18.2 Å². The van der Waals surface area contributed by atoms with Gasteiger partial charge in [0.25, 0.3) is 0 Å². The smallest absolute Gasteiger partial charge is 0.234 e. The zero-order chi connectivity index (χ0) is 15.4. The number of nitrogens with zero attached hydrogens (tertiary/aromatic N) is 2. The van der Waals surface area contributed by atoms with Crippen LogP contribution in [0.15, 0.2) is 34.9 Å². The molecule has 3 atom stereocenters. The number of hydrogen-bond acceptors (Lipinski definition) is 4. The first-order valence-corrected chi connectivity index (χ1v) is 7.68. The fraction of sp³-hybridized carbons (Fsp3) is 0.529. The molecule has 1 heterocycles. The maximum absolute atomic E-state index is 6.11. The second-order valence-electron chi connectivity index (χ2n) is 6.03. The molecular formula is C17H25N3O. The van der Waals surface area contributed by atoms with Gasteiger partial charge in [0.15, 0.2) is 5.82 Å². The fourth-order valence-corrected chi connectivity index (χ4v) is 2.42. The molecule has 0 saturated heterocycles. The molecule has 0 radical (unpaired) electrons. The Labute approximate surface area is 126 Å². The van der Waals surface area contributed by atoms with Crippen LogP contribution in [0, 0.1) is 11.8 Å². The molecule has 0 spiro atoms. The third-order valence-electron chi connectivity index (χ3n) is 4.11. The highest BCUT2D eigenvalue weighted by molar-refractivity contribution is 5.25. The van der Waals surface area contributed by atoms with E-state index in [9.17, 15) is 0 Å². The highest BCUT2D eigenvalue weighted by Gasteiger charge is 2.27. The van der Waals surface area contributed by atoms with Crippen LogP contribution in [0.2, 0.25) is 0 Å². The second kappa shape index (κ2) is 6.85. The lowest BCUT2D eigenvalue weighted by Gasteiger charge is -2.19. The Morgan fingerprint density at radius 1 is 1.14 bits per heavy atom. The summed E-state index contributed by atoms with van der Waals surface area (Å²) >= 11 is 0. The average Bonchev–Trinajstić information content (AvgIpc) is 2.96. The molecule has 2 N–H and O–H groups in total. The summed E-state index contributed by atoms with van der Waals surface area (Å²) in [5.41, 5.74) is 7.32. The molecule has 3 unspecified atom stereocenters. The van der Waals surface area contributed by atoms with Crippen molar-refractivity contribution in [2.75, 3.05) is 0 Å².